The lowest BCUT2D eigenvalue weighted by molar-refractivity contribution is 0.0979. The summed E-state index contributed by atoms with van der Waals surface area (Å²) in [5.74, 6) is -1.18. The van der Waals surface area contributed by atoms with Crippen LogP contribution < -0.4 is 5.32 Å². The van der Waals surface area contributed by atoms with Crippen LogP contribution in [0.4, 0.5) is 10.1 Å². The van der Waals surface area contributed by atoms with Crippen LogP contribution in [-0.2, 0) is 0 Å². The maximum Gasteiger partial charge on any atom is 0.221 e. The number of aryl methyl sites for hydroxylation is 1. The first-order valence-corrected chi connectivity index (χ1v) is 7.10. The Morgan fingerprint density at radius 2 is 2.00 bits per heavy atom. The van der Waals surface area contributed by atoms with Crippen molar-refractivity contribution in [2.45, 2.75) is 6.92 Å². The first-order valence-electron chi connectivity index (χ1n) is 6.31. The number of rotatable bonds is 2. The third kappa shape index (κ3) is 2.33. The topological polar surface area (TPSA) is 72.0 Å². The van der Waals surface area contributed by atoms with Crippen LogP contribution in [0.1, 0.15) is 26.4 Å². The smallest absolute Gasteiger partial charge is 0.221 e. The molecule has 0 unspecified atom stereocenters. The summed E-state index contributed by atoms with van der Waals surface area (Å²) >= 11 is 3.14. The van der Waals surface area contributed by atoms with E-state index in [1.54, 1.807) is 6.92 Å². The molecule has 0 saturated carbocycles. The summed E-state index contributed by atoms with van der Waals surface area (Å²) in [4.78, 5) is 32.4. The molecule has 22 heavy (non-hydrogen) atoms. The second kappa shape index (κ2) is 5.42. The third-order valence-electron chi connectivity index (χ3n) is 3.27. The Hall–Kier alpha value is -2.41. The zero-order valence-corrected chi connectivity index (χ0v) is 12.9. The third-order valence-corrected chi connectivity index (χ3v) is 4.02. The van der Waals surface area contributed by atoms with Gasteiger partial charge in [0.15, 0.2) is 0 Å². The van der Waals surface area contributed by atoms with Crippen molar-refractivity contribution >= 4 is 33.2 Å². The molecule has 1 aromatic carbocycles. The quantitative estimate of drug-likeness (QED) is 0.889. The Labute approximate surface area is 133 Å². The second-order valence-electron chi connectivity index (χ2n) is 4.72. The van der Waals surface area contributed by atoms with Crippen LogP contribution >= 0.6 is 15.9 Å². The van der Waals surface area contributed by atoms with E-state index >= 15 is 0 Å². The lowest BCUT2D eigenvalue weighted by Gasteiger charge is -2.19. The largest absolute Gasteiger partial charge is 0.351 e. The van der Waals surface area contributed by atoms with Crippen LogP contribution in [0.5, 0.6) is 0 Å². The van der Waals surface area contributed by atoms with E-state index < -0.39 is 11.6 Å². The number of hydrogen-bond acceptors (Lipinski definition) is 5. The fourth-order valence-corrected chi connectivity index (χ4v) is 2.61. The van der Waals surface area contributed by atoms with Crippen LogP contribution in [0, 0.1) is 12.7 Å². The van der Waals surface area contributed by atoms with Crippen LogP contribution in [0.15, 0.2) is 40.9 Å². The summed E-state index contributed by atoms with van der Waals surface area (Å²) in [5, 5.41) is 2.89. The van der Waals surface area contributed by atoms with Gasteiger partial charge < -0.3 is 5.32 Å². The highest BCUT2D eigenvalue weighted by Gasteiger charge is 2.32. The number of nitrogens with zero attached hydrogens (tertiary/aromatic N) is 2. The summed E-state index contributed by atoms with van der Waals surface area (Å²) in [6.45, 7) is 1.70. The highest BCUT2D eigenvalue weighted by Crippen LogP contribution is 2.29. The van der Waals surface area contributed by atoms with Crippen molar-refractivity contribution in [1.29, 1.82) is 0 Å². The molecule has 0 saturated heterocycles. The Morgan fingerprint density at radius 3 is 2.73 bits per heavy atom. The molecule has 110 valence electrons. The Balaban J connectivity index is 2.05. The Morgan fingerprint density at radius 1 is 1.23 bits per heavy atom. The molecule has 5 nitrogen and oxygen atoms in total. The first-order chi connectivity index (χ1) is 10.5. The number of benzene rings is 1. The number of Topliss-reactive ketones (excluding diaryl/α,β-unsaturated/α-hetero) is 2. The van der Waals surface area contributed by atoms with Crippen molar-refractivity contribution in [3.05, 3.63) is 63.5 Å². The van der Waals surface area contributed by atoms with Crippen molar-refractivity contribution < 1.29 is 14.0 Å². The van der Waals surface area contributed by atoms with E-state index in [-0.39, 0.29) is 27.3 Å². The van der Waals surface area contributed by atoms with Gasteiger partial charge in [0.1, 0.15) is 23.5 Å². The van der Waals surface area contributed by atoms with E-state index in [1.807, 2.05) is 0 Å². The standard InChI is InChI=1S/C15H9BrFN3O2/c1-7-4-8(17)2-3-10(7)20-13-11(16)15(22)12-9(14(13)21)5-18-6-19-12/h2-6,20H,1H3. The Bertz CT molecular complexity index is 848. The maximum atomic E-state index is 13.2. The van der Waals surface area contributed by atoms with E-state index in [4.69, 9.17) is 0 Å². The van der Waals surface area contributed by atoms with Gasteiger partial charge in [-0.25, -0.2) is 14.4 Å². The number of allylic oxidation sites excluding steroid dienone is 2. The highest BCUT2D eigenvalue weighted by molar-refractivity contribution is 9.12. The number of halogens is 2. The minimum atomic E-state index is -0.403. The molecule has 1 N–H and O–H groups in total. The number of ketones is 2. The fraction of sp³-hybridized carbons (Fsp3) is 0.0667. The Kier molecular flexibility index (Phi) is 3.58. The van der Waals surface area contributed by atoms with Crippen molar-refractivity contribution in [1.82, 2.24) is 9.97 Å². The van der Waals surface area contributed by atoms with Gasteiger partial charge in [0, 0.05) is 11.9 Å². The molecule has 0 radical (unpaired) electrons. The molecular weight excluding hydrogens is 353 g/mol. The molecule has 0 spiro atoms. The molecule has 0 bridgehead atoms. The molecule has 0 fully saturated rings. The average molecular weight is 362 g/mol. The molecule has 2 aromatic rings. The van der Waals surface area contributed by atoms with Crippen molar-refractivity contribution in [3.63, 3.8) is 0 Å². The molecule has 0 aliphatic heterocycles. The number of nitrogens with one attached hydrogen (secondary N) is 1. The molecular formula is C15H9BrFN3O2. The lowest BCUT2D eigenvalue weighted by Crippen LogP contribution is -2.25. The van der Waals surface area contributed by atoms with Gasteiger partial charge in [-0.3, -0.25) is 9.59 Å². The van der Waals surface area contributed by atoms with Gasteiger partial charge in [0.2, 0.25) is 11.6 Å². The zero-order valence-electron chi connectivity index (χ0n) is 11.4. The predicted molar refractivity (Wildman–Crippen MR) is 81.4 cm³/mol. The van der Waals surface area contributed by atoms with E-state index in [2.05, 4.69) is 31.2 Å². The average Bonchev–Trinajstić information content (AvgIpc) is 2.51. The maximum absolute atomic E-state index is 13.2. The predicted octanol–water partition coefficient (Wildman–Crippen LogP) is 3.02. The van der Waals surface area contributed by atoms with E-state index in [9.17, 15) is 14.0 Å². The van der Waals surface area contributed by atoms with Gasteiger partial charge in [-0.2, -0.15) is 0 Å². The molecule has 1 heterocycles. The van der Waals surface area contributed by atoms with Gasteiger partial charge in [0.05, 0.1) is 10.0 Å². The number of aromatic nitrogens is 2. The second-order valence-corrected chi connectivity index (χ2v) is 5.51. The van der Waals surface area contributed by atoms with Crippen LogP contribution in [0.3, 0.4) is 0 Å². The van der Waals surface area contributed by atoms with Crippen LogP contribution in [0.2, 0.25) is 0 Å². The van der Waals surface area contributed by atoms with Crippen molar-refractivity contribution in [2.75, 3.05) is 5.32 Å². The molecule has 0 amide bonds. The van der Waals surface area contributed by atoms with Gasteiger partial charge in [-0.1, -0.05) is 0 Å². The summed E-state index contributed by atoms with van der Waals surface area (Å²) in [5.41, 5.74) is 1.44. The lowest BCUT2D eigenvalue weighted by atomic mass is 9.98. The molecule has 7 heteroatoms. The fourth-order valence-electron chi connectivity index (χ4n) is 2.14. The summed E-state index contributed by atoms with van der Waals surface area (Å²) < 4.78 is 13.2. The summed E-state index contributed by atoms with van der Waals surface area (Å²) in [6, 6.07) is 4.12. The van der Waals surface area contributed by atoms with Gasteiger partial charge >= 0.3 is 0 Å². The number of carbonyl (C=O) groups is 2. The number of hydrogen-bond donors (Lipinski definition) is 1. The minimum absolute atomic E-state index is 0.0632. The van der Waals surface area contributed by atoms with Crippen LogP contribution in [-0.4, -0.2) is 21.5 Å². The number of anilines is 1. The first kappa shape index (κ1) is 14.5. The van der Waals surface area contributed by atoms with Crippen LogP contribution in [0.25, 0.3) is 0 Å². The zero-order chi connectivity index (χ0) is 15.9. The van der Waals surface area contributed by atoms with Gasteiger partial charge in [-0.05, 0) is 46.6 Å². The van der Waals surface area contributed by atoms with E-state index in [1.165, 1.54) is 30.7 Å². The molecule has 1 aliphatic rings. The van der Waals surface area contributed by atoms with E-state index in [0.717, 1.165) is 0 Å². The van der Waals surface area contributed by atoms with Crippen molar-refractivity contribution in [2.24, 2.45) is 0 Å². The number of fused-ring (bicyclic) bond motifs is 1. The normalized spacial score (nSPS) is 14.1. The highest BCUT2D eigenvalue weighted by atomic mass is 79.9. The summed E-state index contributed by atoms with van der Waals surface area (Å²) in [7, 11) is 0. The van der Waals surface area contributed by atoms with Gasteiger partial charge in [0.25, 0.3) is 0 Å². The van der Waals surface area contributed by atoms with Gasteiger partial charge in [-0.15, -0.1) is 0 Å². The monoisotopic (exact) mass is 361 g/mol. The summed E-state index contributed by atoms with van der Waals surface area (Å²) in [6.07, 6.45) is 2.52. The molecule has 3 rings (SSSR count). The van der Waals surface area contributed by atoms with E-state index in [0.29, 0.717) is 11.3 Å². The minimum Gasteiger partial charge on any atom is -0.351 e. The molecule has 1 aromatic heterocycles. The van der Waals surface area contributed by atoms with Crippen molar-refractivity contribution in [3.8, 4) is 0 Å². The molecule has 0 atom stereocenters. The number of carbonyl (C=O) groups excluding carboxylic acids is 2. The molecule has 1 aliphatic carbocycles. The SMILES string of the molecule is Cc1cc(F)ccc1NC1=C(Br)C(=O)c2ncncc2C1=O.